The maximum Gasteiger partial charge on any atom is 0.127 e. The highest BCUT2D eigenvalue weighted by atomic mass is 35.5. The van der Waals surface area contributed by atoms with Crippen LogP contribution in [-0.2, 0) is 10.8 Å². The van der Waals surface area contributed by atoms with Crippen molar-refractivity contribution in [3.8, 4) is 0 Å². The minimum absolute atomic E-state index is 0.258. The molecule has 5 heteroatoms. The number of rotatable bonds is 3. The van der Waals surface area contributed by atoms with E-state index in [0.29, 0.717) is 15.1 Å². The minimum Gasteiger partial charge on any atom is -0.252 e. The number of benzene rings is 1. The molecular formula is C13H11Cl2NOS. The van der Waals surface area contributed by atoms with Gasteiger partial charge in [-0.15, -0.1) is 0 Å². The van der Waals surface area contributed by atoms with Gasteiger partial charge in [-0.3, -0.25) is 4.21 Å². The lowest BCUT2D eigenvalue weighted by Crippen LogP contribution is -2.05. The van der Waals surface area contributed by atoms with Gasteiger partial charge in [0, 0.05) is 16.2 Å². The van der Waals surface area contributed by atoms with Crippen LogP contribution < -0.4 is 0 Å². The third-order valence-electron chi connectivity index (χ3n) is 2.56. The van der Waals surface area contributed by atoms with Gasteiger partial charge in [0.1, 0.15) is 5.03 Å². The van der Waals surface area contributed by atoms with Gasteiger partial charge in [-0.25, -0.2) is 4.98 Å². The molecule has 0 saturated heterocycles. The van der Waals surface area contributed by atoms with Crippen LogP contribution in [0.1, 0.15) is 17.7 Å². The molecule has 0 aliphatic heterocycles. The van der Waals surface area contributed by atoms with Crippen LogP contribution in [0.15, 0.2) is 47.6 Å². The average molecular weight is 300 g/mol. The predicted octanol–water partition coefficient (Wildman–Crippen LogP) is 4.26. The number of halogens is 2. The summed E-state index contributed by atoms with van der Waals surface area (Å²) in [5.74, 6) is 0. The van der Waals surface area contributed by atoms with E-state index in [9.17, 15) is 4.21 Å². The van der Waals surface area contributed by atoms with Crippen LogP contribution in [0.2, 0.25) is 10.0 Å². The lowest BCUT2D eigenvalue weighted by molar-refractivity contribution is 0.673. The van der Waals surface area contributed by atoms with Crippen molar-refractivity contribution in [2.75, 3.05) is 0 Å². The van der Waals surface area contributed by atoms with Gasteiger partial charge in [0.2, 0.25) is 0 Å². The first kappa shape index (κ1) is 13.5. The van der Waals surface area contributed by atoms with Crippen LogP contribution in [0.3, 0.4) is 0 Å². The smallest absolute Gasteiger partial charge is 0.127 e. The van der Waals surface area contributed by atoms with Gasteiger partial charge in [-0.2, -0.15) is 0 Å². The molecule has 0 aliphatic rings. The standard InChI is InChI=1S/C13H11Cl2NOS/c1-9(11-8-10(14)5-6-12(11)15)18(17)13-4-2-3-7-16-13/h2-9H,1H3. The first-order valence-corrected chi connectivity index (χ1v) is 7.33. The average Bonchev–Trinajstić information content (AvgIpc) is 2.41. The molecule has 2 aromatic rings. The summed E-state index contributed by atoms with van der Waals surface area (Å²) in [6.07, 6.45) is 1.62. The fourth-order valence-electron chi connectivity index (χ4n) is 1.59. The van der Waals surface area contributed by atoms with Crippen molar-refractivity contribution >= 4 is 34.0 Å². The van der Waals surface area contributed by atoms with Crippen molar-refractivity contribution in [3.63, 3.8) is 0 Å². The third-order valence-corrected chi connectivity index (χ3v) is 4.69. The lowest BCUT2D eigenvalue weighted by atomic mass is 10.2. The molecule has 2 rings (SSSR count). The molecule has 0 radical (unpaired) electrons. The fraction of sp³-hybridized carbons (Fsp3) is 0.154. The highest BCUT2D eigenvalue weighted by Gasteiger charge is 2.19. The van der Waals surface area contributed by atoms with Gasteiger partial charge in [-0.1, -0.05) is 29.3 Å². The molecule has 1 heterocycles. The van der Waals surface area contributed by atoms with Crippen molar-refractivity contribution in [3.05, 3.63) is 58.2 Å². The Morgan fingerprint density at radius 3 is 2.67 bits per heavy atom. The zero-order valence-electron chi connectivity index (χ0n) is 9.64. The second kappa shape index (κ2) is 5.83. The number of pyridine rings is 1. The monoisotopic (exact) mass is 299 g/mol. The van der Waals surface area contributed by atoms with Crippen LogP contribution in [0, 0.1) is 0 Å². The van der Waals surface area contributed by atoms with E-state index in [-0.39, 0.29) is 5.25 Å². The Bertz CT molecular complexity index is 574. The van der Waals surface area contributed by atoms with E-state index < -0.39 is 10.8 Å². The summed E-state index contributed by atoms with van der Waals surface area (Å²) in [5.41, 5.74) is 0.771. The van der Waals surface area contributed by atoms with Crippen molar-refractivity contribution in [2.24, 2.45) is 0 Å². The summed E-state index contributed by atoms with van der Waals surface area (Å²) < 4.78 is 12.4. The molecule has 0 bridgehead atoms. The van der Waals surface area contributed by atoms with Crippen molar-refractivity contribution in [1.82, 2.24) is 4.98 Å². The van der Waals surface area contributed by atoms with Gasteiger partial charge in [0.25, 0.3) is 0 Å². The minimum atomic E-state index is -1.25. The molecule has 94 valence electrons. The Balaban J connectivity index is 2.34. The highest BCUT2D eigenvalue weighted by molar-refractivity contribution is 7.85. The number of nitrogens with zero attached hydrogens (tertiary/aromatic N) is 1. The Kier molecular flexibility index (Phi) is 4.38. The summed E-state index contributed by atoms with van der Waals surface area (Å²) in [5, 5.41) is 1.43. The Hall–Kier alpha value is -0.900. The van der Waals surface area contributed by atoms with Gasteiger partial charge in [0.15, 0.2) is 0 Å². The van der Waals surface area contributed by atoms with Crippen molar-refractivity contribution < 1.29 is 4.21 Å². The zero-order valence-corrected chi connectivity index (χ0v) is 12.0. The van der Waals surface area contributed by atoms with Crippen LogP contribution in [0.4, 0.5) is 0 Å². The third kappa shape index (κ3) is 2.91. The van der Waals surface area contributed by atoms with Crippen LogP contribution in [0.25, 0.3) is 0 Å². The molecule has 18 heavy (non-hydrogen) atoms. The van der Waals surface area contributed by atoms with Gasteiger partial charge in [0.05, 0.1) is 16.0 Å². The second-order valence-corrected chi connectivity index (χ2v) is 6.34. The summed E-state index contributed by atoms with van der Waals surface area (Å²) in [4.78, 5) is 4.10. The molecular weight excluding hydrogens is 289 g/mol. The van der Waals surface area contributed by atoms with Crippen LogP contribution >= 0.6 is 23.2 Å². The quantitative estimate of drug-likeness (QED) is 0.848. The largest absolute Gasteiger partial charge is 0.252 e. The first-order chi connectivity index (χ1) is 8.59. The van der Waals surface area contributed by atoms with E-state index in [0.717, 1.165) is 5.56 Å². The van der Waals surface area contributed by atoms with Gasteiger partial charge >= 0.3 is 0 Å². The zero-order chi connectivity index (χ0) is 13.1. The lowest BCUT2D eigenvalue weighted by Gasteiger charge is -2.13. The normalized spacial score (nSPS) is 14.2. The second-order valence-electron chi connectivity index (χ2n) is 3.77. The van der Waals surface area contributed by atoms with E-state index in [1.807, 2.05) is 13.0 Å². The fourth-order valence-corrected chi connectivity index (χ4v) is 3.28. The van der Waals surface area contributed by atoms with Crippen molar-refractivity contribution in [2.45, 2.75) is 17.2 Å². The Labute approximate surface area is 118 Å². The Morgan fingerprint density at radius 1 is 1.22 bits per heavy atom. The molecule has 0 fully saturated rings. The summed E-state index contributed by atoms with van der Waals surface area (Å²) in [6.45, 7) is 1.85. The molecule has 1 aromatic carbocycles. The summed E-state index contributed by atoms with van der Waals surface area (Å²) in [6, 6.07) is 10.5. The van der Waals surface area contributed by atoms with E-state index in [2.05, 4.69) is 4.98 Å². The molecule has 0 saturated carbocycles. The predicted molar refractivity (Wildman–Crippen MR) is 75.5 cm³/mol. The highest BCUT2D eigenvalue weighted by Crippen LogP contribution is 2.31. The Morgan fingerprint density at radius 2 is 2.00 bits per heavy atom. The molecule has 2 atom stereocenters. The van der Waals surface area contributed by atoms with Crippen LogP contribution in [-0.4, -0.2) is 9.19 Å². The number of hydrogen-bond donors (Lipinski definition) is 0. The van der Waals surface area contributed by atoms with E-state index in [4.69, 9.17) is 23.2 Å². The molecule has 0 aliphatic carbocycles. The van der Waals surface area contributed by atoms with Crippen LogP contribution in [0.5, 0.6) is 0 Å². The summed E-state index contributed by atoms with van der Waals surface area (Å²) >= 11 is 12.0. The molecule has 2 unspecified atom stereocenters. The van der Waals surface area contributed by atoms with E-state index >= 15 is 0 Å². The number of hydrogen-bond acceptors (Lipinski definition) is 2. The van der Waals surface area contributed by atoms with Gasteiger partial charge in [-0.05, 0) is 42.8 Å². The van der Waals surface area contributed by atoms with Gasteiger partial charge < -0.3 is 0 Å². The molecule has 0 N–H and O–H groups in total. The van der Waals surface area contributed by atoms with E-state index in [1.165, 1.54) is 0 Å². The SMILES string of the molecule is CC(c1cc(Cl)ccc1Cl)S(=O)c1ccccn1. The molecule has 0 spiro atoms. The molecule has 2 nitrogen and oxygen atoms in total. The topological polar surface area (TPSA) is 30.0 Å². The van der Waals surface area contributed by atoms with E-state index in [1.54, 1.807) is 36.5 Å². The maximum absolute atomic E-state index is 12.4. The maximum atomic E-state index is 12.4. The molecule has 0 amide bonds. The van der Waals surface area contributed by atoms with Crippen molar-refractivity contribution in [1.29, 1.82) is 0 Å². The molecule has 1 aromatic heterocycles. The number of aromatic nitrogens is 1. The summed E-state index contributed by atoms with van der Waals surface area (Å²) in [7, 11) is -1.25. The first-order valence-electron chi connectivity index (χ1n) is 5.36.